The minimum atomic E-state index is -0.628. The number of anilines is 3. The van der Waals surface area contributed by atoms with Crippen molar-refractivity contribution in [2.45, 2.75) is 6.54 Å². The van der Waals surface area contributed by atoms with Crippen molar-refractivity contribution in [3.63, 3.8) is 0 Å². The van der Waals surface area contributed by atoms with E-state index in [0.717, 1.165) is 17.0 Å². The molecular formula is C18H19N5O2. The van der Waals surface area contributed by atoms with Crippen LogP contribution in [0.5, 0.6) is 5.75 Å². The molecule has 5 N–H and O–H groups in total. The Labute approximate surface area is 145 Å². The van der Waals surface area contributed by atoms with E-state index in [-0.39, 0.29) is 11.4 Å². The molecule has 0 saturated carbocycles. The molecule has 0 radical (unpaired) electrons. The van der Waals surface area contributed by atoms with E-state index in [1.54, 1.807) is 11.8 Å². The van der Waals surface area contributed by atoms with Crippen LogP contribution in [0.1, 0.15) is 15.9 Å². The molecule has 3 rings (SSSR count). The van der Waals surface area contributed by atoms with Crippen LogP contribution >= 0.6 is 0 Å². The fourth-order valence-corrected chi connectivity index (χ4v) is 2.49. The maximum Gasteiger partial charge on any atom is 0.256 e. The standard InChI is InChI=1S/C18H19N5O2/c1-25-14-9-7-12(8-10-14)11-23-16(19)15(17(20)24)18(22-23)21-13-5-3-2-4-6-13/h2-10H,11,19H2,1H3,(H2,20,24)(H,21,22). The molecule has 0 bridgehead atoms. The van der Waals surface area contributed by atoms with Crippen LogP contribution in [-0.2, 0) is 6.54 Å². The number of nitrogens with two attached hydrogens (primary N) is 2. The topological polar surface area (TPSA) is 108 Å². The Morgan fingerprint density at radius 2 is 1.84 bits per heavy atom. The average molecular weight is 337 g/mol. The van der Waals surface area contributed by atoms with Crippen molar-refractivity contribution in [1.29, 1.82) is 0 Å². The summed E-state index contributed by atoms with van der Waals surface area (Å²) in [5.74, 6) is 0.699. The fourth-order valence-electron chi connectivity index (χ4n) is 2.49. The SMILES string of the molecule is COc1ccc(Cn2nc(Nc3ccccc3)c(C(N)=O)c2N)cc1. The van der Waals surface area contributed by atoms with Crippen molar-refractivity contribution in [2.75, 3.05) is 18.2 Å². The summed E-state index contributed by atoms with van der Waals surface area (Å²) in [6.45, 7) is 0.409. The van der Waals surface area contributed by atoms with E-state index in [2.05, 4.69) is 10.4 Å². The molecule has 0 atom stereocenters. The first-order valence-corrected chi connectivity index (χ1v) is 7.69. The molecule has 2 aromatic carbocycles. The molecule has 0 saturated heterocycles. The Hall–Kier alpha value is -3.48. The molecule has 1 amide bonds. The van der Waals surface area contributed by atoms with Gasteiger partial charge in [-0.1, -0.05) is 30.3 Å². The second kappa shape index (κ2) is 6.96. The summed E-state index contributed by atoms with van der Waals surface area (Å²) in [4.78, 5) is 11.8. The van der Waals surface area contributed by atoms with Crippen molar-refractivity contribution >= 4 is 23.2 Å². The summed E-state index contributed by atoms with van der Waals surface area (Å²) < 4.78 is 6.69. The van der Waals surface area contributed by atoms with Gasteiger partial charge in [0.2, 0.25) is 0 Å². The summed E-state index contributed by atoms with van der Waals surface area (Å²) in [6.07, 6.45) is 0. The fraction of sp³-hybridized carbons (Fsp3) is 0.111. The lowest BCUT2D eigenvalue weighted by molar-refractivity contribution is 0.100. The maximum atomic E-state index is 11.8. The first-order chi connectivity index (χ1) is 12.1. The van der Waals surface area contributed by atoms with E-state index < -0.39 is 5.91 Å². The molecule has 7 nitrogen and oxygen atoms in total. The highest BCUT2D eigenvalue weighted by molar-refractivity contribution is 6.02. The number of primary amides is 1. The quantitative estimate of drug-likeness (QED) is 0.640. The number of nitrogens with zero attached hydrogens (tertiary/aromatic N) is 2. The van der Waals surface area contributed by atoms with Gasteiger partial charge in [0, 0.05) is 5.69 Å². The third kappa shape index (κ3) is 3.55. The van der Waals surface area contributed by atoms with Gasteiger partial charge in [-0.2, -0.15) is 5.10 Å². The Bertz CT molecular complexity index is 872. The molecule has 0 spiro atoms. The first-order valence-electron chi connectivity index (χ1n) is 7.69. The van der Waals surface area contributed by atoms with Crippen molar-refractivity contribution in [3.8, 4) is 5.75 Å². The summed E-state index contributed by atoms with van der Waals surface area (Å²) >= 11 is 0. The van der Waals surface area contributed by atoms with Crippen LogP contribution in [0, 0.1) is 0 Å². The van der Waals surface area contributed by atoms with Gasteiger partial charge < -0.3 is 21.5 Å². The van der Waals surface area contributed by atoms with E-state index in [0.29, 0.717) is 12.4 Å². The van der Waals surface area contributed by atoms with E-state index in [1.165, 1.54) is 0 Å². The predicted octanol–water partition coefficient (Wildman–Crippen LogP) is 2.36. The maximum absolute atomic E-state index is 11.8. The van der Waals surface area contributed by atoms with Crippen molar-refractivity contribution in [1.82, 2.24) is 9.78 Å². The summed E-state index contributed by atoms with van der Waals surface area (Å²) in [5, 5.41) is 7.50. The lowest BCUT2D eigenvalue weighted by Gasteiger charge is -2.05. The van der Waals surface area contributed by atoms with E-state index in [4.69, 9.17) is 16.2 Å². The monoisotopic (exact) mass is 337 g/mol. The molecule has 0 unspecified atom stereocenters. The van der Waals surface area contributed by atoms with Gasteiger partial charge in [0.1, 0.15) is 17.1 Å². The molecule has 1 heterocycles. The minimum Gasteiger partial charge on any atom is -0.497 e. The number of amides is 1. The number of ether oxygens (including phenoxy) is 1. The number of para-hydroxylation sites is 1. The number of nitrogens with one attached hydrogen (secondary N) is 1. The number of methoxy groups -OCH3 is 1. The number of aromatic nitrogens is 2. The molecule has 128 valence electrons. The van der Waals surface area contributed by atoms with Crippen molar-refractivity contribution in [3.05, 3.63) is 65.7 Å². The molecule has 0 aliphatic heterocycles. The smallest absolute Gasteiger partial charge is 0.256 e. The molecule has 0 aliphatic rings. The van der Waals surface area contributed by atoms with Gasteiger partial charge in [-0.15, -0.1) is 0 Å². The Morgan fingerprint density at radius 3 is 2.44 bits per heavy atom. The number of carbonyl (C=O) groups excluding carboxylic acids is 1. The molecule has 25 heavy (non-hydrogen) atoms. The predicted molar refractivity (Wildman–Crippen MR) is 97.0 cm³/mol. The number of carbonyl (C=O) groups is 1. The van der Waals surface area contributed by atoms with Crippen LogP contribution < -0.4 is 21.5 Å². The van der Waals surface area contributed by atoms with Gasteiger partial charge in [0.25, 0.3) is 5.91 Å². The minimum absolute atomic E-state index is 0.178. The first kappa shape index (κ1) is 16.4. The van der Waals surface area contributed by atoms with Crippen LogP contribution in [-0.4, -0.2) is 22.8 Å². The van der Waals surface area contributed by atoms with E-state index in [1.807, 2.05) is 54.6 Å². The van der Waals surface area contributed by atoms with Gasteiger partial charge in [-0.05, 0) is 29.8 Å². The van der Waals surface area contributed by atoms with Gasteiger partial charge in [-0.3, -0.25) is 4.79 Å². The van der Waals surface area contributed by atoms with Gasteiger partial charge in [-0.25, -0.2) is 4.68 Å². The molecule has 3 aromatic rings. The third-order valence-electron chi connectivity index (χ3n) is 3.77. The zero-order valence-electron chi connectivity index (χ0n) is 13.8. The second-order valence-corrected chi connectivity index (χ2v) is 5.47. The normalized spacial score (nSPS) is 10.4. The lowest BCUT2D eigenvalue weighted by atomic mass is 10.2. The lowest BCUT2D eigenvalue weighted by Crippen LogP contribution is -2.15. The molecule has 0 fully saturated rings. The molecule has 0 aliphatic carbocycles. The number of benzene rings is 2. The van der Waals surface area contributed by atoms with Crippen LogP contribution in [0.15, 0.2) is 54.6 Å². The average Bonchev–Trinajstić information content (AvgIpc) is 2.92. The summed E-state index contributed by atoms with van der Waals surface area (Å²) in [6, 6.07) is 16.9. The second-order valence-electron chi connectivity index (χ2n) is 5.47. The molecular weight excluding hydrogens is 318 g/mol. The molecule has 7 heteroatoms. The van der Waals surface area contributed by atoms with Crippen molar-refractivity contribution < 1.29 is 9.53 Å². The van der Waals surface area contributed by atoms with Crippen molar-refractivity contribution in [2.24, 2.45) is 5.73 Å². The Morgan fingerprint density at radius 1 is 1.16 bits per heavy atom. The zero-order valence-corrected chi connectivity index (χ0v) is 13.8. The largest absolute Gasteiger partial charge is 0.497 e. The molecule has 1 aromatic heterocycles. The number of nitrogen functional groups attached to an aromatic ring is 1. The Balaban J connectivity index is 1.91. The van der Waals surface area contributed by atoms with Gasteiger partial charge >= 0.3 is 0 Å². The zero-order chi connectivity index (χ0) is 17.8. The third-order valence-corrected chi connectivity index (χ3v) is 3.77. The van der Waals surface area contributed by atoms with E-state index in [9.17, 15) is 4.79 Å². The number of hydrogen-bond acceptors (Lipinski definition) is 5. The van der Waals surface area contributed by atoms with E-state index >= 15 is 0 Å². The van der Waals surface area contributed by atoms with Crippen LogP contribution in [0.25, 0.3) is 0 Å². The highest BCUT2D eigenvalue weighted by Gasteiger charge is 2.20. The van der Waals surface area contributed by atoms with Crippen LogP contribution in [0.2, 0.25) is 0 Å². The summed E-state index contributed by atoms with van der Waals surface area (Å²) in [7, 11) is 1.61. The van der Waals surface area contributed by atoms with Gasteiger partial charge in [0.05, 0.1) is 13.7 Å². The van der Waals surface area contributed by atoms with Crippen LogP contribution in [0.4, 0.5) is 17.3 Å². The summed E-state index contributed by atoms with van der Waals surface area (Å²) in [5.41, 5.74) is 13.5. The Kier molecular flexibility index (Phi) is 4.56. The number of hydrogen-bond donors (Lipinski definition) is 3. The van der Waals surface area contributed by atoms with Crippen LogP contribution in [0.3, 0.4) is 0 Å². The number of rotatable bonds is 6. The highest BCUT2D eigenvalue weighted by Crippen LogP contribution is 2.25. The van der Waals surface area contributed by atoms with Gasteiger partial charge in [0.15, 0.2) is 5.82 Å². The highest BCUT2D eigenvalue weighted by atomic mass is 16.5.